The first-order valence-corrected chi connectivity index (χ1v) is 8.23. The van der Waals surface area contributed by atoms with Gasteiger partial charge in [0.1, 0.15) is 23.7 Å². The van der Waals surface area contributed by atoms with E-state index in [4.69, 9.17) is 10.00 Å². The van der Waals surface area contributed by atoms with Crippen molar-refractivity contribution in [2.75, 3.05) is 24.3 Å². The van der Waals surface area contributed by atoms with Crippen molar-refractivity contribution in [1.29, 1.82) is 5.26 Å². The maximum Gasteiger partial charge on any atom is 0.135 e. The predicted molar refractivity (Wildman–Crippen MR) is 102 cm³/mol. The van der Waals surface area contributed by atoms with E-state index < -0.39 is 0 Å². The zero-order valence-corrected chi connectivity index (χ0v) is 14.4. The van der Waals surface area contributed by atoms with Crippen LogP contribution >= 0.6 is 0 Å². The number of hydrogen-bond donors (Lipinski definition) is 2. The molecular weight excluding hydrogens is 326 g/mol. The minimum atomic E-state index is 0.622. The first kappa shape index (κ1) is 17.2. The van der Waals surface area contributed by atoms with Crippen molar-refractivity contribution in [3.63, 3.8) is 0 Å². The van der Waals surface area contributed by atoms with E-state index in [1.807, 2.05) is 36.4 Å². The molecule has 0 saturated heterocycles. The molecule has 0 spiro atoms. The second-order valence-electron chi connectivity index (χ2n) is 5.59. The molecule has 0 unspecified atom stereocenters. The molecule has 0 aliphatic carbocycles. The highest BCUT2D eigenvalue weighted by molar-refractivity contribution is 5.59. The Kier molecular flexibility index (Phi) is 5.63. The van der Waals surface area contributed by atoms with Gasteiger partial charge < -0.3 is 15.4 Å². The molecular formula is C20H19N5O. The highest BCUT2D eigenvalue weighted by Gasteiger charge is 2.03. The zero-order valence-electron chi connectivity index (χ0n) is 14.4. The van der Waals surface area contributed by atoms with Crippen LogP contribution in [0.4, 0.5) is 17.3 Å². The molecule has 6 nitrogen and oxygen atoms in total. The Balaban J connectivity index is 1.59. The first-order chi connectivity index (χ1) is 12.8. The van der Waals surface area contributed by atoms with Crippen LogP contribution in [-0.4, -0.2) is 23.6 Å². The summed E-state index contributed by atoms with van der Waals surface area (Å²) in [6.07, 6.45) is 2.34. The van der Waals surface area contributed by atoms with E-state index in [1.54, 1.807) is 19.2 Å². The van der Waals surface area contributed by atoms with Gasteiger partial charge in [-0.3, -0.25) is 0 Å². The summed E-state index contributed by atoms with van der Waals surface area (Å²) in [7, 11) is 1.68. The van der Waals surface area contributed by atoms with Gasteiger partial charge in [-0.2, -0.15) is 5.26 Å². The Labute approximate surface area is 152 Å². The number of ether oxygens (including phenoxy) is 1. The average Bonchev–Trinajstić information content (AvgIpc) is 2.69. The Hall–Kier alpha value is -3.59. The van der Waals surface area contributed by atoms with Gasteiger partial charge in [-0.05, 0) is 42.3 Å². The summed E-state index contributed by atoms with van der Waals surface area (Å²) in [5, 5.41) is 15.3. The summed E-state index contributed by atoms with van der Waals surface area (Å²) in [6.45, 7) is 0.730. The standard InChI is InChI=1S/C20H19N5O/c1-26-18-5-3-2-4-16(18)10-11-22-19-12-20(24-14-23-19)25-17-8-6-15(13-21)7-9-17/h2-9,12,14H,10-11H2,1H3,(H2,22,23,24,25). The van der Waals surface area contributed by atoms with Gasteiger partial charge in [0.2, 0.25) is 0 Å². The lowest BCUT2D eigenvalue weighted by Crippen LogP contribution is -2.08. The van der Waals surface area contributed by atoms with E-state index in [0.717, 1.165) is 35.8 Å². The van der Waals surface area contributed by atoms with E-state index >= 15 is 0 Å². The third kappa shape index (κ3) is 4.48. The van der Waals surface area contributed by atoms with Crippen LogP contribution in [0.5, 0.6) is 5.75 Å². The highest BCUT2D eigenvalue weighted by Crippen LogP contribution is 2.19. The second kappa shape index (κ2) is 8.49. The fourth-order valence-corrected chi connectivity index (χ4v) is 2.53. The number of nitrogens with zero attached hydrogens (tertiary/aromatic N) is 3. The topological polar surface area (TPSA) is 82.9 Å². The summed E-state index contributed by atoms with van der Waals surface area (Å²) in [4.78, 5) is 8.47. The SMILES string of the molecule is COc1ccccc1CCNc1cc(Nc2ccc(C#N)cc2)ncn1. The van der Waals surface area contributed by atoms with Crippen LogP contribution in [0.2, 0.25) is 0 Å². The average molecular weight is 345 g/mol. The van der Waals surface area contributed by atoms with Gasteiger partial charge in [0.15, 0.2) is 0 Å². The fourth-order valence-electron chi connectivity index (χ4n) is 2.53. The van der Waals surface area contributed by atoms with Crippen molar-refractivity contribution >= 4 is 17.3 Å². The summed E-state index contributed by atoms with van der Waals surface area (Å²) < 4.78 is 5.37. The molecule has 130 valence electrons. The number of para-hydroxylation sites is 1. The molecule has 26 heavy (non-hydrogen) atoms. The number of hydrogen-bond acceptors (Lipinski definition) is 6. The molecule has 0 bridgehead atoms. The smallest absolute Gasteiger partial charge is 0.135 e. The van der Waals surface area contributed by atoms with Crippen molar-refractivity contribution in [3.8, 4) is 11.8 Å². The molecule has 2 N–H and O–H groups in total. The van der Waals surface area contributed by atoms with Gasteiger partial charge in [-0.25, -0.2) is 9.97 Å². The molecule has 0 amide bonds. The third-order valence-electron chi connectivity index (χ3n) is 3.85. The van der Waals surface area contributed by atoms with Crippen molar-refractivity contribution in [2.24, 2.45) is 0 Å². The van der Waals surface area contributed by atoms with Crippen molar-refractivity contribution in [3.05, 3.63) is 72.1 Å². The molecule has 0 aliphatic heterocycles. The van der Waals surface area contributed by atoms with Crippen LogP contribution in [0.3, 0.4) is 0 Å². The van der Waals surface area contributed by atoms with Crippen molar-refractivity contribution < 1.29 is 4.74 Å². The molecule has 0 radical (unpaired) electrons. The maximum absolute atomic E-state index is 8.85. The second-order valence-corrected chi connectivity index (χ2v) is 5.59. The fraction of sp³-hybridized carbons (Fsp3) is 0.150. The molecule has 1 aromatic heterocycles. The highest BCUT2D eigenvalue weighted by atomic mass is 16.5. The molecule has 2 aromatic carbocycles. The normalized spacial score (nSPS) is 10.0. The number of nitriles is 1. The lowest BCUT2D eigenvalue weighted by molar-refractivity contribution is 0.410. The van der Waals surface area contributed by atoms with Crippen LogP contribution < -0.4 is 15.4 Å². The van der Waals surface area contributed by atoms with E-state index in [-0.39, 0.29) is 0 Å². The summed E-state index contributed by atoms with van der Waals surface area (Å²) >= 11 is 0. The van der Waals surface area contributed by atoms with Crippen LogP contribution in [-0.2, 0) is 6.42 Å². The Bertz CT molecular complexity index is 903. The molecule has 3 aromatic rings. The Morgan fingerprint density at radius 1 is 1.04 bits per heavy atom. The molecule has 0 atom stereocenters. The maximum atomic E-state index is 8.85. The third-order valence-corrected chi connectivity index (χ3v) is 3.85. The molecule has 0 aliphatic rings. The van der Waals surface area contributed by atoms with Gasteiger partial charge in [-0.1, -0.05) is 18.2 Å². The Morgan fingerprint density at radius 2 is 1.81 bits per heavy atom. The Morgan fingerprint density at radius 3 is 2.58 bits per heavy atom. The summed E-state index contributed by atoms with van der Waals surface area (Å²) in [6, 6.07) is 19.1. The predicted octanol–water partition coefficient (Wildman–Crippen LogP) is 3.76. The number of rotatable bonds is 7. The lowest BCUT2D eigenvalue weighted by atomic mass is 10.1. The monoisotopic (exact) mass is 345 g/mol. The van der Waals surface area contributed by atoms with E-state index in [1.165, 1.54) is 6.33 Å². The van der Waals surface area contributed by atoms with E-state index in [0.29, 0.717) is 11.4 Å². The van der Waals surface area contributed by atoms with Gasteiger partial charge in [0, 0.05) is 18.3 Å². The first-order valence-electron chi connectivity index (χ1n) is 8.23. The number of anilines is 3. The van der Waals surface area contributed by atoms with Gasteiger partial charge in [-0.15, -0.1) is 0 Å². The molecule has 0 saturated carbocycles. The minimum absolute atomic E-state index is 0.622. The van der Waals surface area contributed by atoms with Crippen molar-refractivity contribution in [1.82, 2.24) is 9.97 Å². The number of nitrogens with one attached hydrogen (secondary N) is 2. The van der Waals surface area contributed by atoms with Crippen LogP contribution in [0, 0.1) is 11.3 Å². The molecule has 1 heterocycles. The number of benzene rings is 2. The van der Waals surface area contributed by atoms with Crippen LogP contribution in [0.1, 0.15) is 11.1 Å². The molecule has 0 fully saturated rings. The quantitative estimate of drug-likeness (QED) is 0.678. The number of aromatic nitrogens is 2. The van der Waals surface area contributed by atoms with E-state index in [9.17, 15) is 0 Å². The molecule has 3 rings (SSSR count). The van der Waals surface area contributed by atoms with Gasteiger partial charge in [0.05, 0.1) is 18.7 Å². The van der Waals surface area contributed by atoms with E-state index in [2.05, 4.69) is 32.7 Å². The minimum Gasteiger partial charge on any atom is -0.496 e. The van der Waals surface area contributed by atoms with Crippen LogP contribution in [0.15, 0.2) is 60.9 Å². The number of methoxy groups -OCH3 is 1. The summed E-state index contributed by atoms with van der Waals surface area (Å²) in [5.74, 6) is 2.32. The van der Waals surface area contributed by atoms with Crippen molar-refractivity contribution in [2.45, 2.75) is 6.42 Å². The largest absolute Gasteiger partial charge is 0.496 e. The molecule has 6 heteroatoms. The zero-order chi connectivity index (χ0) is 18.2. The van der Waals surface area contributed by atoms with Gasteiger partial charge in [0.25, 0.3) is 0 Å². The van der Waals surface area contributed by atoms with Crippen LogP contribution in [0.25, 0.3) is 0 Å². The van der Waals surface area contributed by atoms with Gasteiger partial charge >= 0.3 is 0 Å². The summed E-state index contributed by atoms with van der Waals surface area (Å²) in [5.41, 5.74) is 2.63. The lowest BCUT2D eigenvalue weighted by Gasteiger charge is -2.10.